The van der Waals surface area contributed by atoms with E-state index in [1.54, 1.807) is 22.6 Å². The Balaban J connectivity index is 2.36. The molecule has 0 unspecified atom stereocenters. The first-order valence-electron chi connectivity index (χ1n) is 6.30. The second-order valence-electron chi connectivity index (χ2n) is 4.57. The smallest absolute Gasteiger partial charge is 0.322 e. The van der Waals surface area contributed by atoms with Gasteiger partial charge in [-0.25, -0.2) is 18.0 Å². The van der Waals surface area contributed by atoms with Gasteiger partial charge in [0.25, 0.3) is 5.91 Å². The Morgan fingerprint density at radius 3 is 2.17 bits per heavy atom. The minimum Gasteiger partial charge on any atom is -0.351 e. The maximum Gasteiger partial charge on any atom is 0.322 e. The molecule has 0 radical (unpaired) electrons. The van der Waals surface area contributed by atoms with E-state index in [1.807, 2.05) is 0 Å². The van der Waals surface area contributed by atoms with Crippen molar-refractivity contribution < 1.29 is 22.8 Å². The largest absolute Gasteiger partial charge is 0.351 e. The summed E-state index contributed by atoms with van der Waals surface area (Å²) < 4.78 is 41.2. The van der Waals surface area contributed by atoms with Gasteiger partial charge in [0.15, 0.2) is 0 Å². The van der Waals surface area contributed by atoms with Crippen molar-refractivity contribution in [1.29, 1.82) is 0 Å². The Morgan fingerprint density at radius 2 is 1.65 bits per heavy atom. The predicted molar refractivity (Wildman–Crippen MR) is 84.9 cm³/mol. The second kappa shape index (κ2) is 6.99. The molecule has 23 heavy (non-hydrogen) atoms. The lowest BCUT2D eigenvalue weighted by atomic mass is 10.1. The highest BCUT2D eigenvalue weighted by molar-refractivity contribution is 14.1. The lowest BCUT2D eigenvalue weighted by Crippen LogP contribution is -2.41. The highest BCUT2D eigenvalue weighted by Gasteiger charge is 2.26. The molecule has 2 aromatic rings. The number of benzene rings is 2. The molecule has 0 heterocycles. The Hall–Kier alpha value is -2.10. The fraction of sp³-hybridized carbons (Fsp3) is 0.0667. The monoisotopic (exact) mass is 434 g/mol. The van der Waals surface area contributed by atoms with Crippen molar-refractivity contribution in [3.63, 3.8) is 0 Å². The van der Waals surface area contributed by atoms with E-state index in [2.05, 4.69) is 0 Å². The number of primary amides is 1. The van der Waals surface area contributed by atoms with Gasteiger partial charge < -0.3 is 5.73 Å². The molecular weight excluding hydrogens is 424 g/mol. The minimum atomic E-state index is -1.23. The fourth-order valence-electron chi connectivity index (χ4n) is 1.91. The number of imide groups is 1. The zero-order chi connectivity index (χ0) is 17.1. The van der Waals surface area contributed by atoms with Crippen LogP contribution in [-0.4, -0.2) is 16.8 Å². The Bertz CT molecular complexity index is 763. The minimum absolute atomic E-state index is 0.256. The van der Waals surface area contributed by atoms with Crippen LogP contribution in [0.5, 0.6) is 0 Å². The number of hydrogen-bond acceptors (Lipinski definition) is 2. The molecule has 0 fully saturated rings. The van der Waals surface area contributed by atoms with Crippen molar-refractivity contribution in [2.75, 3.05) is 0 Å². The van der Waals surface area contributed by atoms with E-state index >= 15 is 0 Å². The maximum atomic E-state index is 13.7. The number of amides is 3. The van der Waals surface area contributed by atoms with Gasteiger partial charge in [0.2, 0.25) is 0 Å². The van der Waals surface area contributed by atoms with E-state index in [1.165, 1.54) is 12.1 Å². The van der Waals surface area contributed by atoms with E-state index in [0.29, 0.717) is 8.47 Å². The SMILES string of the molecule is NC(=O)N(Cc1ccc(I)c(F)c1)C(=O)c1c(F)cccc1F. The van der Waals surface area contributed by atoms with Crippen LogP contribution in [0.15, 0.2) is 36.4 Å². The summed E-state index contributed by atoms with van der Waals surface area (Å²) in [4.78, 5) is 24.2. The number of nitrogens with two attached hydrogens (primary N) is 1. The van der Waals surface area contributed by atoms with Gasteiger partial charge in [-0.05, 0) is 52.4 Å². The van der Waals surface area contributed by atoms with Crippen molar-refractivity contribution in [3.05, 3.63) is 68.5 Å². The number of carbonyl (C=O) groups is 2. The van der Waals surface area contributed by atoms with Gasteiger partial charge in [-0.3, -0.25) is 9.69 Å². The molecule has 3 amide bonds. The number of carbonyl (C=O) groups excluding carboxylic acids is 2. The molecule has 0 aliphatic heterocycles. The first-order chi connectivity index (χ1) is 10.8. The second-order valence-corrected chi connectivity index (χ2v) is 5.74. The van der Waals surface area contributed by atoms with Crippen molar-refractivity contribution >= 4 is 34.5 Å². The van der Waals surface area contributed by atoms with Crippen molar-refractivity contribution in [1.82, 2.24) is 4.90 Å². The summed E-state index contributed by atoms with van der Waals surface area (Å²) in [5.41, 5.74) is 4.48. The normalized spacial score (nSPS) is 10.4. The average molecular weight is 434 g/mol. The van der Waals surface area contributed by atoms with Gasteiger partial charge in [0.05, 0.1) is 6.54 Å². The molecule has 0 spiro atoms. The Kier molecular flexibility index (Phi) is 5.24. The lowest BCUT2D eigenvalue weighted by molar-refractivity contribution is 0.0789. The molecule has 8 heteroatoms. The van der Waals surface area contributed by atoms with Crippen LogP contribution in [0.4, 0.5) is 18.0 Å². The van der Waals surface area contributed by atoms with Crippen LogP contribution < -0.4 is 5.73 Å². The van der Waals surface area contributed by atoms with Crippen LogP contribution in [0.2, 0.25) is 0 Å². The van der Waals surface area contributed by atoms with Gasteiger partial charge in [0, 0.05) is 3.57 Å². The summed E-state index contributed by atoms with van der Waals surface area (Å²) in [5, 5.41) is 0. The molecule has 0 bridgehead atoms. The van der Waals surface area contributed by atoms with E-state index in [9.17, 15) is 22.8 Å². The van der Waals surface area contributed by atoms with Gasteiger partial charge in [-0.1, -0.05) is 12.1 Å². The van der Waals surface area contributed by atoms with Gasteiger partial charge in [-0.2, -0.15) is 0 Å². The summed E-state index contributed by atoms with van der Waals surface area (Å²) in [7, 11) is 0. The lowest BCUT2D eigenvalue weighted by Gasteiger charge is -2.19. The van der Waals surface area contributed by atoms with E-state index in [0.717, 1.165) is 24.3 Å². The quantitative estimate of drug-likeness (QED) is 0.753. The first kappa shape index (κ1) is 17.3. The molecular formula is C15H10F3IN2O2. The van der Waals surface area contributed by atoms with E-state index in [4.69, 9.17) is 5.73 Å². The standard InChI is InChI=1S/C15H10F3IN2O2/c16-9-2-1-3-10(17)13(9)14(22)21(15(20)23)7-8-4-5-12(19)11(18)6-8/h1-6H,7H2,(H2,20,23). The zero-order valence-electron chi connectivity index (χ0n) is 11.5. The van der Waals surface area contributed by atoms with Gasteiger partial charge >= 0.3 is 6.03 Å². The zero-order valence-corrected chi connectivity index (χ0v) is 13.7. The van der Waals surface area contributed by atoms with Crippen LogP contribution in [0.1, 0.15) is 15.9 Å². The topological polar surface area (TPSA) is 63.4 Å². The van der Waals surface area contributed by atoms with Gasteiger partial charge in [0.1, 0.15) is 23.0 Å². The third-order valence-electron chi connectivity index (χ3n) is 3.01. The number of urea groups is 1. The maximum absolute atomic E-state index is 13.7. The molecule has 0 atom stereocenters. The molecule has 0 aliphatic carbocycles. The summed E-state index contributed by atoms with van der Waals surface area (Å²) in [6.07, 6.45) is 0. The van der Waals surface area contributed by atoms with Crippen LogP contribution in [0.25, 0.3) is 0 Å². The summed E-state index contributed by atoms with van der Waals surface area (Å²) in [6, 6.07) is 5.70. The van der Waals surface area contributed by atoms with E-state index in [-0.39, 0.29) is 5.56 Å². The van der Waals surface area contributed by atoms with Crippen LogP contribution in [-0.2, 0) is 6.54 Å². The molecule has 0 aliphatic rings. The highest BCUT2D eigenvalue weighted by atomic mass is 127. The summed E-state index contributed by atoms with van der Waals surface area (Å²) >= 11 is 1.77. The molecule has 120 valence electrons. The molecule has 2 N–H and O–H groups in total. The number of halogens is 4. The number of nitrogens with zero attached hydrogens (tertiary/aromatic N) is 1. The van der Waals surface area contributed by atoms with Crippen molar-refractivity contribution in [2.24, 2.45) is 5.73 Å². The highest BCUT2D eigenvalue weighted by Crippen LogP contribution is 2.18. The average Bonchev–Trinajstić information content (AvgIpc) is 2.47. The fourth-order valence-corrected chi connectivity index (χ4v) is 2.24. The van der Waals surface area contributed by atoms with Gasteiger partial charge in [-0.15, -0.1) is 0 Å². The third kappa shape index (κ3) is 3.81. The first-order valence-corrected chi connectivity index (χ1v) is 7.38. The Morgan fingerprint density at radius 1 is 1.04 bits per heavy atom. The predicted octanol–water partition coefficient (Wildman–Crippen LogP) is 3.43. The molecule has 0 saturated heterocycles. The summed E-state index contributed by atoms with van der Waals surface area (Å²) in [5.74, 6) is -4.01. The summed E-state index contributed by atoms with van der Waals surface area (Å²) in [6.45, 7) is -0.407. The third-order valence-corrected chi connectivity index (χ3v) is 3.89. The van der Waals surface area contributed by atoms with Crippen molar-refractivity contribution in [3.8, 4) is 0 Å². The number of rotatable bonds is 3. The Labute approximate surface area is 143 Å². The molecule has 2 aromatic carbocycles. The van der Waals surface area contributed by atoms with Crippen molar-refractivity contribution in [2.45, 2.75) is 6.54 Å². The number of hydrogen-bond donors (Lipinski definition) is 1. The van der Waals surface area contributed by atoms with Crippen LogP contribution in [0.3, 0.4) is 0 Å². The van der Waals surface area contributed by atoms with Crippen LogP contribution in [0, 0.1) is 21.0 Å². The van der Waals surface area contributed by atoms with Crippen LogP contribution >= 0.6 is 22.6 Å². The molecule has 2 rings (SSSR count). The molecule has 4 nitrogen and oxygen atoms in total. The van der Waals surface area contributed by atoms with E-state index < -0.39 is 41.5 Å². The molecule has 0 saturated carbocycles. The molecule has 0 aromatic heterocycles.